The van der Waals surface area contributed by atoms with E-state index in [1.54, 1.807) is 0 Å². The fourth-order valence-corrected chi connectivity index (χ4v) is 1.26. The molecular weight excluding hydrogens is 242 g/mol. The summed E-state index contributed by atoms with van der Waals surface area (Å²) in [5.41, 5.74) is 0.0630. The molecule has 1 rings (SSSR count). The van der Waals surface area contributed by atoms with E-state index >= 15 is 0 Å². The quantitative estimate of drug-likeness (QED) is 0.567. The smallest absolute Gasteiger partial charge is 0.328 e. The number of amides is 1. The van der Waals surface area contributed by atoms with E-state index in [1.807, 2.05) is 0 Å². The Morgan fingerprint density at radius 1 is 1.44 bits per heavy atom. The van der Waals surface area contributed by atoms with Gasteiger partial charge in [0, 0.05) is 5.56 Å². The Morgan fingerprint density at radius 2 is 2.11 bits per heavy atom. The number of ether oxygens (including phenoxy) is 1. The predicted octanol–water partition coefficient (Wildman–Crippen LogP) is -0.424. The molecule has 0 radical (unpaired) electrons. The first-order valence-electron chi connectivity index (χ1n) is 5.01. The summed E-state index contributed by atoms with van der Waals surface area (Å²) < 4.78 is 4.80. The first-order valence-corrected chi connectivity index (χ1v) is 5.01. The maximum absolute atomic E-state index is 11.6. The van der Waals surface area contributed by atoms with Crippen molar-refractivity contribution in [1.29, 1.82) is 0 Å². The number of rotatable bonds is 5. The Balaban J connectivity index is 2.84. The second-order valence-corrected chi connectivity index (χ2v) is 3.43. The Labute approximate surface area is 103 Å². The van der Waals surface area contributed by atoms with Gasteiger partial charge >= 0.3 is 5.97 Å². The third-order valence-corrected chi connectivity index (χ3v) is 2.23. The third-order valence-electron chi connectivity index (χ3n) is 2.23. The van der Waals surface area contributed by atoms with Crippen molar-refractivity contribution in [1.82, 2.24) is 5.32 Å². The zero-order chi connectivity index (χ0) is 13.7. The Hall–Kier alpha value is -2.28. The average Bonchev–Trinajstić information content (AvgIpc) is 2.35. The van der Waals surface area contributed by atoms with Crippen molar-refractivity contribution in [2.24, 2.45) is 0 Å². The van der Waals surface area contributed by atoms with E-state index in [2.05, 4.69) is 5.32 Å². The van der Waals surface area contributed by atoms with E-state index in [4.69, 9.17) is 14.9 Å². The van der Waals surface area contributed by atoms with Crippen molar-refractivity contribution in [3.8, 4) is 11.5 Å². The molecule has 0 heterocycles. The van der Waals surface area contributed by atoms with Gasteiger partial charge in [-0.15, -0.1) is 0 Å². The Kier molecular flexibility index (Phi) is 4.50. The molecule has 0 saturated carbocycles. The van der Waals surface area contributed by atoms with E-state index in [0.29, 0.717) is 0 Å². The summed E-state index contributed by atoms with van der Waals surface area (Å²) in [5.74, 6) is -2.09. The number of carbonyl (C=O) groups excluding carboxylic acids is 1. The van der Waals surface area contributed by atoms with Crippen molar-refractivity contribution < 1.29 is 29.6 Å². The number of aromatic hydroxyl groups is 1. The standard InChI is InChI=1S/C11H13NO6/c1-18-9-3-2-6(4-8(9)14)10(15)12-7(5-13)11(16)17/h2-4,7,13-14H,5H2,1H3,(H,12,15)(H,16,17)/t7-/m0/s1. The number of hydrogen-bond acceptors (Lipinski definition) is 5. The lowest BCUT2D eigenvalue weighted by Crippen LogP contribution is -2.43. The third kappa shape index (κ3) is 3.11. The van der Waals surface area contributed by atoms with Gasteiger partial charge in [0.1, 0.15) is 0 Å². The van der Waals surface area contributed by atoms with Gasteiger partial charge in [-0.25, -0.2) is 4.79 Å². The molecule has 7 heteroatoms. The molecule has 0 aromatic heterocycles. The number of aliphatic carboxylic acids is 1. The highest BCUT2D eigenvalue weighted by atomic mass is 16.5. The largest absolute Gasteiger partial charge is 0.504 e. The zero-order valence-electron chi connectivity index (χ0n) is 9.58. The highest BCUT2D eigenvalue weighted by molar-refractivity contribution is 5.97. The number of methoxy groups -OCH3 is 1. The molecule has 1 amide bonds. The Bertz CT molecular complexity index is 459. The second-order valence-electron chi connectivity index (χ2n) is 3.43. The molecule has 98 valence electrons. The molecule has 1 aromatic carbocycles. The minimum atomic E-state index is -1.39. The monoisotopic (exact) mass is 255 g/mol. The van der Waals surface area contributed by atoms with Crippen LogP contribution in [-0.4, -0.2) is 47.0 Å². The summed E-state index contributed by atoms with van der Waals surface area (Å²) in [7, 11) is 1.36. The number of phenolic OH excluding ortho intramolecular Hbond substituents is 1. The lowest BCUT2D eigenvalue weighted by Gasteiger charge is -2.12. The van der Waals surface area contributed by atoms with Gasteiger partial charge in [0.15, 0.2) is 17.5 Å². The first-order chi connectivity index (χ1) is 8.49. The van der Waals surface area contributed by atoms with Gasteiger partial charge in [-0.1, -0.05) is 0 Å². The molecule has 1 atom stereocenters. The van der Waals surface area contributed by atoms with E-state index in [-0.39, 0.29) is 17.1 Å². The lowest BCUT2D eigenvalue weighted by atomic mass is 10.1. The molecule has 0 aliphatic carbocycles. The minimum absolute atomic E-state index is 0.0630. The number of benzene rings is 1. The number of phenols is 1. The summed E-state index contributed by atoms with van der Waals surface area (Å²) in [6.07, 6.45) is 0. The Morgan fingerprint density at radius 3 is 2.56 bits per heavy atom. The molecule has 0 spiro atoms. The molecule has 0 saturated heterocycles. The second kappa shape index (κ2) is 5.87. The van der Waals surface area contributed by atoms with Crippen LogP contribution in [0.3, 0.4) is 0 Å². The molecule has 4 N–H and O–H groups in total. The topological polar surface area (TPSA) is 116 Å². The fourth-order valence-electron chi connectivity index (χ4n) is 1.26. The van der Waals surface area contributed by atoms with Gasteiger partial charge < -0.3 is 25.4 Å². The normalized spacial score (nSPS) is 11.7. The van der Waals surface area contributed by atoms with Gasteiger partial charge in [-0.05, 0) is 18.2 Å². The van der Waals surface area contributed by atoms with Gasteiger partial charge in [0.25, 0.3) is 5.91 Å². The van der Waals surface area contributed by atoms with Crippen LogP contribution in [-0.2, 0) is 4.79 Å². The van der Waals surface area contributed by atoms with Crippen LogP contribution in [0, 0.1) is 0 Å². The SMILES string of the molecule is COc1ccc(C(=O)N[C@@H](CO)C(=O)O)cc1O. The minimum Gasteiger partial charge on any atom is -0.504 e. The number of aliphatic hydroxyl groups is 1. The summed E-state index contributed by atoms with van der Waals surface area (Å²) in [5, 5.41) is 29.0. The van der Waals surface area contributed by atoms with E-state index in [9.17, 15) is 14.7 Å². The van der Waals surface area contributed by atoms with Crippen LogP contribution in [0.1, 0.15) is 10.4 Å². The van der Waals surface area contributed by atoms with Crippen LogP contribution >= 0.6 is 0 Å². The number of carboxylic acid groups (broad SMARTS) is 1. The van der Waals surface area contributed by atoms with Crippen molar-refractivity contribution in [3.63, 3.8) is 0 Å². The summed E-state index contributed by atoms with van der Waals surface area (Å²) in [6, 6.07) is 2.50. The molecule has 0 bridgehead atoms. The number of nitrogens with one attached hydrogen (secondary N) is 1. The van der Waals surface area contributed by atoms with E-state index in [1.165, 1.54) is 19.2 Å². The highest BCUT2D eigenvalue weighted by Crippen LogP contribution is 2.26. The zero-order valence-corrected chi connectivity index (χ0v) is 9.58. The maximum Gasteiger partial charge on any atom is 0.328 e. The highest BCUT2D eigenvalue weighted by Gasteiger charge is 2.20. The van der Waals surface area contributed by atoms with Crippen molar-refractivity contribution in [3.05, 3.63) is 23.8 Å². The van der Waals surface area contributed by atoms with E-state index in [0.717, 1.165) is 6.07 Å². The van der Waals surface area contributed by atoms with Crippen LogP contribution in [0.25, 0.3) is 0 Å². The number of carboxylic acids is 1. The molecule has 18 heavy (non-hydrogen) atoms. The summed E-state index contributed by atoms with van der Waals surface area (Å²) in [4.78, 5) is 22.3. The van der Waals surface area contributed by atoms with Crippen LogP contribution in [0.4, 0.5) is 0 Å². The summed E-state index contributed by atoms with van der Waals surface area (Å²) in [6.45, 7) is -0.719. The van der Waals surface area contributed by atoms with Crippen LogP contribution in [0.15, 0.2) is 18.2 Å². The fraction of sp³-hybridized carbons (Fsp3) is 0.273. The molecule has 7 nitrogen and oxygen atoms in total. The number of aliphatic hydroxyl groups excluding tert-OH is 1. The molecule has 0 fully saturated rings. The van der Waals surface area contributed by atoms with Gasteiger partial charge in [0.2, 0.25) is 0 Å². The summed E-state index contributed by atoms with van der Waals surface area (Å²) >= 11 is 0. The van der Waals surface area contributed by atoms with Gasteiger partial charge in [-0.2, -0.15) is 0 Å². The number of carbonyl (C=O) groups is 2. The van der Waals surface area contributed by atoms with Crippen molar-refractivity contribution >= 4 is 11.9 Å². The van der Waals surface area contributed by atoms with Crippen LogP contribution < -0.4 is 10.1 Å². The lowest BCUT2D eigenvalue weighted by molar-refractivity contribution is -0.140. The first kappa shape index (κ1) is 13.8. The van der Waals surface area contributed by atoms with Crippen molar-refractivity contribution in [2.45, 2.75) is 6.04 Å². The number of hydrogen-bond donors (Lipinski definition) is 4. The molecule has 1 aromatic rings. The average molecular weight is 255 g/mol. The van der Waals surface area contributed by atoms with Crippen LogP contribution in [0.5, 0.6) is 11.5 Å². The van der Waals surface area contributed by atoms with E-state index < -0.39 is 24.5 Å². The van der Waals surface area contributed by atoms with Crippen LogP contribution in [0.2, 0.25) is 0 Å². The maximum atomic E-state index is 11.6. The van der Waals surface area contributed by atoms with Gasteiger partial charge in [0.05, 0.1) is 13.7 Å². The molecule has 0 aliphatic rings. The predicted molar refractivity (Wildman–Crippen MR) is 60.6 cm³/mol. The van der Waals surface area contributed by atoms with Crippen molar-refractivity contribution in [2.75, 3.05) is 13.7 Å². The molecule has 0 unspecified atom stereocenters. The molecule has 0 aliphatic heterocycles. The molecular formula is C11H13NO6. The van der Waals surface area contributed by atoms with Gasteiger partial charge in [-0.3, -0.25) is 4.79 Å².